The number of nitrogens with one attached hydrogen (secondary N) is 1. The number of sulfonamides is 1. The van der Waals surface area contributed by atoms with Crippen LogP contribution in [0.25, 0.3) is 0 Å². The third-order valence-electron chi connectivity index (χ3n) is 3.44. The predicted octanol–water partition coefficient (Wildman–Crippen LogP) is 2.70. The standard InChI is InChI=1S/C19H22N2O3S/c1-3-6-17-8-11-19(12-9-17)25(22,23)21-13-4-5-14-24-18-10-7-16(2)20-15-18/h7-12,15,21H,3,6,13-14H2,1-2H3. The van der Waals surface area contributed by atoms with Crippen LogP contribution in [0.1, 0.15) is 24.6 Å². The van der Waals surface area contributed by atoms with Crippen molar-refractivity contribution in [1.82, 2.24) is 9.71 Å². The van der Waals surface area contributed by atoms with Crippen molar-refractivity contribution in [3.05, 3.63) is 53.9 Å². The Balaban J connectivity index is 1.81. The molecule has 0 aliphatic rings. The third kappa shape index (κ3) is 6.22. The highest BCUT2D eigenvalue weighted by atomic mass is 32.2. The van der Waals surface area contributed by atoms with Crippen LogP contribution in [0.4, 0.5) is 0 Å². The largest absolute Gasteiger partial charge is 0.479 e. The zero-order valence-corrected chi connectivity index (χ0v) is 15.3. The number of hydrogen-bond acceptors (Lipinski definition) is 4. The number of hydrogen-bond donors (Lipinski definition) is 1. The fraction of sp³-hybridized carbons (Fsp3) is 0.316. The minimum Gasteiger partial charge on any atom is -0.479 e. The highest BCUT2D eigenvalue weighted by Gasteiger charge is 2.12. The maximum atomic E-state index is 12.2. The summed E-state index contributed by atoms with van der Waals surface area (Å²) in [5.41, 5.74) is 2.04. The Labute approximate surface area is 149 Å². The molecule has 0 amide bonds. The van der Waals surface area contributed by atoms with Gasteiger partial charge in [0.15, 0.2) is 0 Å². The van der Waals surface area contributed by atoms with Crippen LogP contribution in [0.5, 0.6) is 5.75 Å². The van der Waals surface area contributed by atoms with E-state index in [0.29, 0.717) is 5.75 Å². The summed E-state index contributed by atoms with van der Waals surface area (Å²) in [7, 11) is -3.54. The molecule has 0 atom stereocenters. The van der Waals surface area contributed by atoms with E-state index in [1.807, 2.05) is 31.2 Å². The Hall–Kier alpha value is -2.36. The predicted molar refractivity (Wildman–Crippen MR) is 97.9 cm³/mol. The molecule has 0 spiro atoms. The van der Waals surface area contributed by atoms with E-state index in [1.54, 1.807) is 18.3 Å². The normalized spacial score (nSPS) is 10.8. The van der Waals surface area contributed by atoms with Crippen molar-refractivity contribution in [3.63, 3.8) is 0 Å². The first-order valence-corrected chi connectivity index (χ1v) is 9.59. The van der Waals surface area contributed by atoms with Crippen LogP contribution in [0.2, 0.25) is 0 Å². The van der Waals surface area contributed by atoms with Crippen molar-refractivity contribution in [1.29, 1.82) is 0 Å². The Morgan fingerprint density at radius 2 is 1.88 bits per heavy atom. The van der Waals surface area contributed by atoms with E-state index in [1.165, 1.54) is 0 Å². The molecule has 0 radical (unpaired) electrons. The van der Waals surface area contributed by atoms with Gasteiger partial charge in [0.2, 0.25) is 10.0 Å². The molecule has 0 aliphatic carbocycles. The van der Waals surface area contributed by atoms with E-state index in [9.17, 15) is 8.42 Å². The Bertz CT molecular complexity index is 833. The molecule has 2 rings (SSSR count). The number of benzene rings is 1. The molecule has 2 aromatic rings. The first-order valence-electron chi connectivity index (χ1n) is 8.11. The van der Waals surface area contributed by atoms with Gasteiger partial charge in [0.05, 0.1) is 17.6 Å². The molecule has 1 aromatic carbocycles. The van der Waals surface area contributed by atoms with Crippen LogP contribution < -0.4 is 9.46 Å². The summed E-state index contributed by atoms with van der Waals surface area (Å²) in [4.78, 5) is 4.36. The molecular weight excluding hydrogens is 336 g/mol. The molecule has 0 unspecified atom stereocenters. The minimum absolute atomic E-state index is 0.0363. The smallest absolute Gasteiger partial charge is 0.241 e. The molecule has 1 aromatic heterocycles. The van der Waals surface area contributed by atoms with E-state index in [-0.39, 0.29) is 18.0 Å². The number of ether oxygens (including phenoxy) is 1. The maximum Gasteiger partial charge on any atom is 0.241 e. The average Bonchev–Trinajstić information content (AvgIpc) is 2.60. The van der Waals surface area contributed by atoms with Gasteiger partial charge in [-0.1, -0.05) is 37.3 Å². The molecule has 1 heterocycles. The lowest BCUT2D eigenvalue weighted by Crippen LogP contribution is -2.24. The Morgan fingerprint density at radius 1 is 1.12 bits per heavy atom. The van der Waals surface area contributed by atoms with Crippen molar-refractivity contribution in [2.45, 2.75) is 31.6 Å². The molecular formula is C19H22N2O3S. The quantitative estimate of drug-likeness (QED) is 0.773. The van der Waals surface area contributed by atoms with Gasteiger partial charge in [0, 0.05) is 5.69 Å². The summed E-state index contributed by atoms with van der Waals surface area (Å²) in [6.07, 6.45) is 3.60. The monoisotopic (exact) mass is 358 g/mol. The molecule has 0 fully saturated rings. The zero-order chi connectivity index (χ0) is 18.1. The van der Waals surface area contributed by atoms with Crippen molar-refractivity contribution >= 4 is 10.0 Å². The van der Waals surface area contributed by atoms with Gasteiger partial charge in [0.25, 0.3) is 0 Å². The van der Waals surface area contributed by atoms with E-state index in [2.05, 4.69) is 28.5 Å². The number of pyridine rings is 1. The molecule has 132 valence electrons. The molecule has 0 saturated carbocycles. The van der Waals surface area contributed by atoms with Crippen molar-refractivity contribution in [2.75, 3.05) is 13.2 Å². The second-order valence-electron chi connectivity index (χ2n) is 5.50. The first-order chi connectivity index (χ1) is 12.0. The van der Waals surface area contributed by atoms with Gasteiger partial charge in [-0.3, -0.25) is 4.98 Å². The molecule has 1 N–H and O–H groups in total. The van der Waals surface area contributed by atoms with Crippen LogP contribution >= 0.6 is 0 Å². The lowest BCUT2D eigenvalue weighted by atomic mass is 10.1. The fourth-order valence-corrected chi connectivity index (χ4v) is 3.03. The second kappa shape index (κ2) is 9.21. The van der Waals surface area contributed by atoms with Crippen LogP contribution in [0.3, 0.4) is 0 Å². The lowest BCUT2D eigenvalue weighted by molar-refractivity contribution is 0.368. The molecule has 0 bridgehead atoms. The molecule has 0 aliphatic heterocycles. The van der Waals surface area contributed by atoms with Gasteiger partial charge in [-0.25, -0.2) is 8.42 Å². The fourth-order valence-electron chi connectivity index (χ4n) is 2.11. The number of aromatic nitrogens is 1. The van der Waals surface area contributed by atoms with E-state index in [4.69, 9.17) is 4.74 Å². The van der Waals surface area contributed by atoms with Gasteiger partial charge in [0.1, 0.15) is 12.4 Å². The molecule has 5 nitrogen and oxygen atoms in total. The van der Waals surface area contributed by atoms with Crippen molar-refractivity contribution < 1.29 is 13.2 Å². The van der Waals surface area contributed by atoms with Gasteiger partial charge < -0.3 is 4.74 Å². The van der Waals surface area contributed by atoms with Crippen LogP contribution in [-0.2, 0) is 16.4 Å². The second-order valence-corrected chi connectivity index (χ2v) is 7.26. The molecule has 6 heteroatoms. The Kier molecular flexibility index (Phi) is 6.99. The maximum absolute atomic E-state index is 12.2. The van der Waals surface area contributed by atoms with E-state index >= 15 is 0 Å². The lowest BCUT2D eigenvalue weighted by Gasteiger charge is -2.05. The van der Waals surface area contributed by atoms with Gasteiger partial charge >= 0.3 is 0 Å². The zero-order valence-electron chi connectivity index (χ0n) is 14.5. The summed E-state index contributed by atoms with van der Waals surface area (Å²) < 4.78 is 32.2. The van der Waals surface area contributed by atoms with Crippen molar-refractivity contribution in [3.8, 4) is 17.6 Å². The van der Waals surface area contributed by atoms with Gasteiger partial charge in [-0.15, -0.1) is 0 Å². The first kappa shape index (κ1) is 19.0. The molecule has 25 heavy (non-hydrogen) atoms. The topological polar surface area (TPSA) is 68.3 Å². The summed E-state index contributed by atoms with van der Waals surface area (Å²) in [5, 5.41) is 0. The summed E-state index contributed by atoms with van der Waals surface area (Å²) >= 11 is 0. The van der Waals surface area contributed by atoms with E-state index < -0.39 is 10.0 Å². The van der Waals surface area contributed by atoms with Gasteiger partial charge in [-0.05, 0) is 43.2 Å². The van der Waals surface area contributed by atoms with Crippen LogP contribution in [0, 0.1) is 18.8 Å². The van der Waals surface area contributed by atoms with Gasteiger partial charge in [-0.2, -0.15) is 4.72 Å². The van der Waals surface area contributed by atoms with Crippen LogP contribution in [0.15, 0.2) is 47.5 Å². The number of rotatable bonds is 7. The Morgan fingerprint density at radius 3 is 2.52 bits per heavy atom. The number of aryl methyl sites for hydroxylation is 2. The van der Waals surface area contributed by atoms with Crippen molar-refractivity contribution in [2.24, 2.45) is 0 Å². The van der Waals surface area contributed by atoms with Crippen LogP contribution in [-0.4, -0.2) is 26.6 Å². The van der Waals surface area contributed by atoms with E-state index in [0.717, 1.165) is 24.1 Å². The molecule has 0 saturated heterocycles. The summed E-state index contributed by atoms with van der Waals surface area (Å²) in [6.45, 7) is 4.20. The minimum atomic E-state index is -3.54. The highest BCUT2D eigenvalue weighted by Crippen LogP contribution is 2.11. The highest BCUT2D eigenvalue weighted by molar-refractivity contribution is 7.89. The summed E-state index contributed by atoms with van der Waals surface area (Å²) in [6, 6.07) is 10.6. The summed E-state index contributed by atoms with van der Waals surface area (Å²) in [5.74, 6) is 6.14. The average molecular weight is 358 g/mol. The third-order valence-corrected chi connectivity index (χ3v) is 4.86. The SMILES string of the molecule is CCCc1ccc(S(=O)(=O)NCC#CCOc2ccc(C)nc2)cc1. The number of nitrogens with zero attached hydrogens (tertiary/aromatic N) is 1.